The van der Waals surface area contributed by atoms with Crippen molar-refractivity contribution < 1.29 is 4.74 Å². The minimum absolute atomic E-state index is 0.822. The SMILES string of the molecule is Cc1c(C)n(-c2ccccn2)c2ncnc(NCCN3CCOCC3)c12. The molecule has 0 saturated carbocycles. The number of anilines is 1. The lowest BCUT2D eigenvalue weighted by Crippen LogP contribution is -2.39. The number of nitrogens with one attached hydrogen (secondary N) is 1. The van der Waals surface area contributed by atoms with Crippen LogP contribution in [0.1, 0.15) is 11.3 Å². The second-order valence-corrected chi connectivity index (χ2v) is 6.54. The van der Waals surface area contributed by atoms with E-state index in [1.54, 1.807) is 12.5 Å². The number of pyridine rings is 1. The fourth-order valence-corrected chi connectivity index (χ4v) is 3.46. The fraction of sp³-hybridized carbons (Fsp3) is 0.421. The third-order valence-corrected chi connectivity index (χ3v) is 4.99. The van der Waals surface area contributed by atoms with E-state index >= 15 is 0 Å². The number of aryl methyl sites for hydroxylation is 1. The Morgan fingerprint density at radius 3 is 2.73 bits per heavy atom. The summed E-state index contributed by atoms with van der Waals surface area (Å²) in [6.07, 6.45) is 3.43. The van der Waals surface area contributed by atoms with Crippen molar-refractivity contribution in [2.45, 2.75) is 13.8 Å². The summed E-state index contributed by atoms with van der Waals surface area (Å²) < 4.78 is 7.50. The van der Waals surface area contributed by atoms with E-state index < -0.39 is 0 Å². The van der Waals surface area contributed by atoms with Crippen molar-refractivity contribution in [1.29, 1.82) is 0 Å². The summed E-state index contributed by atoms with van der Waals surface area (Å²) in [6.45, 7) is 9.68. The molecule has 1 saturated heterocycles. The van der Waals surface area contributed by atoms with Gasteiger partial charge in [-0.1, -0.05) is 6.07 Å². The van der Waals surface area contributed by atoms with Crippen LogP contribution in [0.15, 0.2) is 30.7 Å². The quantitative estimate of drug-likeness (QED) is 0.759. The van der Waals surface area contributed by atoms with Gasteiger partial charge in [-0.2, -0.15) is 0 Å². The van der Waals surface area contributed by atoms with Crippen molar-refractivity contribution >= 4 is 16.9 Å². The van der Waals surface area contributed by atoms with Crippen molar-refractivity contribution in [3.63, 3.8) is 0 Å². The highest BCUT2D eigenvalue weighted by atomic mass is 16.5. The summed E-state index contributed by atoms with van der Waals surface area (Å²) in [4.78, 5) is 15.9. The Morgan fingerprint density at radius 1 is 1.12 bits per heavy atom. The van der Waals surface area contributed by atoms with Crippen LogP contribution in [0.2, 0.25) is 0 Å². The molecule has 4 heterocycles. The van der Waals surface area contributed by atoms with Crippen LogP contribution in [0, 0.1) is 13.8 Å². The zero-order chi connectivity index (χ0) is 17.9. The van der Waals surface area contributed by atoms with Crippen molar-refractivity contribution in [3.05, 3.63) is 42.0 Å². The second kappa shape index (κ2) is 7.39. The van der Waals surface area contributed by atoms with Gasteiger partial charge in [0.1, 0.15) is 18.0 Å². The summed E-state index contributed by atoms with van der Waals surface area (Å²) in [6, 6.07) is 5.91. The van der Waals surface area contributed by atoms with E-state index in [0.717, 1.165) is 67.8 Å². The van der Waals surface area contributed by atoms with Gasteiger partial charge >= 0.3 is 0 Å². The van der Waals surface area contributed by atoms with Gasteiger partial charge in [-0.05, 0) is 31.5 Å². The van der Waals surface area contributed by atoms with E-state index in [1.165, 1.54) is 5.56 Å². The highest BCUT2D eigenvalue weighted by molar-refractivity contribution is 5.92. The van der Waals surface area contributed by atoms with E-state index in [2.05, 4.69) is 43.6 Å². The Labute approximate surface area is 153 Å². The molecular weight excluding hydrogens is 328 g/mol. The third kappa shape index (κ3) is 3.15. The molecule has 0 atom stereocenters. The number of morpholine rings is 1. The van der Waals surface area contributed by atoms with Gasteiger partial charge in [0, 0.05) is 38.1 Å². The number of hydrogen-bond donors (Lipinski definition) is 1. The van der Waals surface area contributed by atoms with Crippen molar-refractivity contribution in [1.82, 2.24) is 24.4 Å². The molecule has 7 heteroatoms. The molecule has 1 aliphatic heterocycles. The molecule has 0 radical (unpaired) electrons. The lowest BCUT2D eigenvalue weighted by Gasteiger charge is -2.26. The molecule has 1 N–H and O–H groups in total. The summed E-state index contributed by atoms with van der Waals surface area (Å²) in [5, 5.41) is 4.57. The summed E-state index contributed by atoms with van der Waals surface area (Å²) in [5.74, 6) is 1.76. The molecule has 136 valence electrons. The van der Waals surface area contributed by atoms with E-state index in [-0.39, 0.29) is 0 Å². The first-order valence-corrected chi connectivity index (χ1v) is 9.03. The molecule has 0 unspecified atom stereocenters. The smallest absolute Gasteiger partial charge is 0.151 e. The Balaban J connectivity index is 1.62. The second-order valence-electron chi connectivity index (χ2n) is 6.54. The molecule has 0 spiro atoms. The standard InChI is InChI=1S/C19H24N6O/c1-14-15(2)25(16-5-3-4-6-20-16)19-17(14)18(22-13-23-19)21-7-8-24-9-11-26-12-10-24/h3-6,13H,7-12H2,1-2H3,(H,21,22,23). The van der Waals surface area contributed by atoms with Gasteiger partial charge in [0.25, 0.3) is 0 Å². The Hall–Kier alpha value is -2.51. The molecule has 3 aromatic rings. The Bertz CT molecular complexity index is 886. The number of nitrogens with zero attached hydrogens (tertiary/aromatic N) is 5. The molecule has 7 nitrogen and oxygen atoms in total. The molecule has 4 rings (SSSR count). The van der Waals surface area contributed by atoms with E-state index in [1.807, 2.05) is 18.2 Å². The van der Waals surface area contributed by atoms with Crippen LogP contribution in [-0.2, 0) is 4.74 Å². The van der Waals surface area contributed by atoms with Crippen LogP contribution in [0.3, 0.4) is 0 Å². The zero-order valence-electron chi connectivity index (χ0n) is 15.3. The predicted octanol–water partition coefficient (Wildman–Crippen LogP) is 2.18. The maximum Gasteiger partial charge on any atom is 0.151 e. The van der Waals surface area contributed by atoms with Crippen LogP contribution in [0.5, 0.6) is 0 Å². The first-order chi connectivity index (χ1) is 12.8. The fourth-order valence-electron chi connectivity index (χ4n) is 3.46. The molecule has 0 bridgehead atoms. The molecule has 0 aromatic carbocycles. The molecule has 0 amide bonds. The van der Waals surface area contributed by atoms with Gasteiger partial charge in [0.05, 0.1) is 18.6 Å². The third-order valence-electron chi connectivity index (χ3n) is 4.99. The lowest BCUT2D eigenvalue weighted by atomic mass is 10.2. The van der Waals surface area contributed by atoms with Gasteiger partial charge in [-0.15, -0.1) is 0 Å². The molecule has 26 heavy (non-hydrogen) atoms. The summed E-state index contributed by atoms with van der Waals surface area (Å²) >= 11 is 0. The Kier molecular flexibility index (Phi) is 4.81. The monoisotopic (exact) mass is 352 g/mol. The number of aromatic nitrogens is 4. The molecule has 1 aliphatic rings. The lowest BCUT2D eigenvalue weighted by molar-refractivity contribution is 0.0398. The molecular formula is C19H24N6O. The molecule has 1 fully saturated rings. The van der Waals surface area contributed by atoms with E-state index in [9.17, 15) is 0 Å². The van der Waals surface area contributed by atoms with Crippen molar-refractivity contribution in [2.75, 3.05) is 44.7 Å². The first kappa shape index (κ1) is 16.9. The number of hydrogen-bond acceptors (Lipinski definition) is 6. The maximum absolute atomic E-state index is 5.40. The Morgan fingerprint density at radius 2 is 1.96 bits per heavy atom. The van der Waals surface area contributed by atoms with Crippen LogP contribution in [0.4, 0.5) is 5.82 Å². The van der Waals surface area contributed by atoms with E-state index in [0.29, 0.717) is 0 Å². The first-order valence-electron chi connectivity index (χ1n) is 9.03. The van der Waals surface area contributed by atoms with Gasteiger partial charge in [0.15, 0.2) is 5.65 Å². The van der Waals surface area contributed by atoms with Gasteiger partial charge < -0.3 is 10.1 Å². The van der Waals surface area contributed by atoms with Crippen LogP contribution >= 0.6 is 0 Å². The van der Waals surface area contributed by atoms with Crippen molar-refractivity contribution in [2.24, 2.45) is 0 Å². The highest BCUT2D eigenvalue weighted by Gasteiger charge is 2.18. The highest BCUT2D eigenvalue weighted by Crippen LogP contribution is 2.30. The molecule has 3 aromatic heterocycles. The largest absolute Gasteiger partial charge is 0.379 e. The number of rotatable bonds is 5. The van der Waals surface area contributed by atoms with Gasteiger partial charge in [0.2, 0.25) is 0 Å². The molecule has 0 aliphatic carbocycles. The minimum Gasteiger partial charge on any atom is -0.379 e. The predicted molar refractivity (Wildman–Crippen MR) is 102 cm³/mol. The zero-order valence-corrected chi connectivity index (χ0v) is 15.3. The number of fused-ring (bicyclic) bond motifs is 1. The maximum atomic E-state index is 5.40. The van der Waals surface area contributed by atoms with Crippen molar-refractivity contribution in [3.8, 4) is 5.82 Å². The average molecular weight is 352 g/mol. The van der Waals surface area contributed by atoms with Gasteiger partial charge in [-0.3, -0.25) is 9.47 Å². The number of ether oxygens (including phenoxy) is 1. The average Bonchev–Trinajstić information content (AvgIpc) is 2.95. The van der Waals surface area contributed by atoms with Gasteiger partial charge in [-0.25, -0.2) is 15.0 Å². The normalized spacial score (nSPS) is 15.5. The van der Waals surface area contributed by atoms with Crippen LogP contribution in [-0.4, -0.2) is 63.8 Å². The van der Waals surface area contributed by atoms with Crippen LogP contribution < -0.4 is 5.32 Å². The minimum atomic E-state index is 0.822. The topological polar surface area (TPSA) is 68.1 Å². The summed E-state index contributed by atoms with van der Waals surface area (Å²) in [7, 11) is 0. The van der Waals surface area contributed by atoms with Crippen LogP contribution in [0.25, 0.3) is 16.9 Å². The summed E-state index contributed by atoms with van der Waals surface area (Å²) in [5.41, 5.74) is 3.21. The van der Waals surface area contributed by atoms with E-state index in [4.69, 9.17) is 4.74 Å².